The molecule has 144 valence electrons. The molecule has 1 heterocycles. The second-order valence-corrected chi connectivity index (χ2v) is 8.69. The second kappa shape index (κ2) is 8.64. The summed E-state index contributed by atoms with van der Waals surface area (Å²) >= 11 is 0. The molecule has 7 nitrogen and oxygen atoms in total. The van der Waals surface area contributed by atoms with Crippen LogP contribution in [0.4, 0.5) is 0 Å². The zero-order valence-electron chi connectivity index (χ0n) is 15.5. The lowest BCUT2D eigenvalue weighted by Crippen LogP contribution is -2.45. The van der Waals surface area contributed by atoms with E-state index in [0.717, 1.165) is 30.0 Å². The lowest BCUT2D eigenvalue weighted by atomic mass is 10.00. The summed E-state index contributed by atoms with van der Waals surface area (Å²) in [4.78, 5) is 26.4. The fraction of sp³-hybridized carbons (Fsp3) is 0.556. The number of benzene rings is 1. The van der Waals surface area contributed by atoms with Crippen molar-refractivity contribution in [2.75, 3.05) is 27.2 Å². The van der Waals surface area contributed by atoms with Gasteiger partial charge in [-0.15, -0.1) is 0 Å². The van der Waals surface area contributed by atoms with E-state index in [-0.39, 0.29) is 29.0 Å². The summed E-state index contributed by atoms with van der Waals surface area (Å²) in [5, 5.41) is 0. The molecule has 1 aliphatic rings. The minimum atomic E-state index is -3.64. The maximum Gasteiger partial charge on any atom is 0.338 e. The van der Waals surface area contributed by atoms with Crippen LogP contribution in [0.1, 0.15) is 43.0 Å². The summed E-state index contributed by atoms with van der Waals surface area (Å²) in [7, 11) is -0.805. The Morgan fingerprint density at radius 3 is 2.65 bits per heavy atom. The van der Waals surface area contributed by atoms with Crippen molar-refractivity contribution >= 4 is 21.9 Å². The normalized spacial score (nSPS) is 18.0. The number of carbonyl (C=O) groups is 2. The van der Waals surface area contributed by atoms with Crippen molar-refractivity contribution in [3.8, 4) is 0 Å². The summed E-state index contributed by atoms with van der Waals surface area (Å²) < 4.78 is 30.5. The summed E-state index contributed by atoms with van der Waals surface area (Å²) in [5.41, 5.74) is 0.103. The van der Waals surface area contributed by atoms with Crippen LogP contribution in [0, 0.1) is 0 Å². The zero-order chi connectivity index (χ0) is 19.3. The van der Waals surface area contributed by atoms with E-state index in [1.807, 2.05) is 6.92 Å². The molecule has 1 atom stereocenters. The van der Waals surface area contributed by atoms with E-state index in [9.17, 15) is 18.0 Å². The van der Waals surface area contributed by atoms with Crippen molar-refractivity contribution in [1.29, 1.82) is 0 Å². The molecule has 1 saturated heterocycles. The second-order valence-electron chi connectivity index (χ2n) is 6.54. The maximum atomic E-state index is 12.4. The summed E-state index contributed by atoms with van der Waals surface area (Å²) in [6.07, 6.45) is 3.92. The molecule has 0 aromatic heterocycles. The van der Waals surface area contributed by atoms with Gasteiger partial charge in [0.25, 0.3) is 5.91 Å². The highest BCUT2D eigenvalue weighted by Crippen LogP contribution is 2.20. The molecule has 0 aliphatic carbocycles. The van der Waals surface area contributed by atoms with Gasteiger partial charge in [0.2, 0.25) is 10.0 Å². The van der Waals surface area contributed by atoms with Gasteiger partial charge in [0.05, 0.1) is 10.5 Å². The SMILES string of the molecule is CC[C@H]1CCCCN1C(=O)COC(=O)c1cccc(S(=O)(=O)N(C)C)c1. The molecule has 1 fully saturated rings. The molecule has 1 aromatic carbocycles. The Hall–Kier alpha value is -1.93. The van der Waals surface area contributed by atoms with Gasteiger partial charge in [-0.1, -0.05) is 13.0 Å². The Labute approximate surface area is 155 Å². The third-order valence-corrected chi connectivity index (χ3v) is 6.40. The molecular weight excluding hydrogens is 356 g/mol. The Morgan fingerprint density at radius 2 is 2.00 bits per heavy atom. The van der Waals surface area contributed by atoms with Gasteiger partial charge in [0, 0.05) is 26.7 Å². The van der Waals surface area contributed by atoms with Crippen molar-refractivity contribution in [2.45, 2.75) is 43.5 Å². The van der Waals surface area contributed by atoms with Crippen LogP contribution in [0.5, 0.6) is 0 Å². The molecule has 8 heteroatoms. The molecule has 0 N–H and O–H groups in total. The number of rotatable bonds is 6. The third-order valence-electron chi connectivity index (χ3n) is 4.59. The summed E-state index contributed by atoms with van der Waals surface area (Å²) in [5.74, 6) is -0.916. The first kappa shape index (κ1) is 20.4. The smallest absolute Gasteiger partial charge is 0.338 e. The minimum absolute atomic E-state index is 0.00496. The quantitative estimate of drug-likeness (QED) is 0.702. The molecule has 0 bridgehead atoms. The van der Waals surface area contributed by atoms with Crippen LogP contribution in [0.25, 0.3) is 0 Å². The third kappa shape index (κ3) is 4.62. The summed E-state index contributed by atoms with van der Waals surface area (Å²) in [6.45, 7) is 2.39. The fourth-order valence-electron chi connectivity index (χ4n) is 3.04. The predicted octanol–water partition coefficient (Wildman–Crippen LogP) is 1.88. The van der Waals surface area contributed by atoms with E-state index in [1.165, 1.54) is 38.4 Å². The maximum absolute atomic E-state index is 12.4. The fourth-order valence-corrected chi connectivity index (χ4v) is 3.99. The van der Waals surface area contributed by atoms with Crippen molar-refractivity contribution in [1.82, 2.24) is 9.21 Å². The number of likely N-dealkylation sites (tertiary alicyclic amines) is 1. The molecule has 1 aliphatic heterocycles. The number of sulfonamides is 1. The van der Waals surface area contributed by atoms with E-state index in [2.05, 4.69) is 0 Å². The van der Waals surface area contributed by atoms with Crippen molar-refractivity contribution in [3.05, 3.63) is 29.8 Å². The predicted molar refractivity (Wildman–Crippen MR) is 97.2 cm³/mol. The number of nitrogens with zero attached hydrogens (tertiary/aromatic N) is 2. The number of hydrogen-bond acceptors (Lipinski definition) is 5. The lowest BCUT2D eigenvalue weighted by molar-refractivity contribution is -0.138. The Morgan fingerprint density at radius 1 is 1.27 bits per heavy atom. The number of esters is 1. The first-order valence-corrected chi connectivity index (χ1v) is 10.2. The van der Waals surface area contributed by atoms with Gasteiger partial charge in [0.1, 0.15) is 0 Å². The highest BCUT2D eigenvalue weighted by Gasteiger charge is 2.26. The molecule has 1 aromatic rings. The molecule has 26 heavy (non-hydrogen) atoms. The Kier molecular flexibility index (Phi) is 6.77. The van der Waals surface area contributed by atoms with E-state index >= 15 is 0 Å². The minimum Gasteiger partial charge on any atom is -0.452 e. The van der Waals surface area contributed by atoms with Gasteiger partial charge < -0.3 is 9.64 Å². The van der Waals surface area contributed by atoms with Crippen LogP contribution < -0.4 is 0 Å². The van der Waals surface area contributed by atoms with Crippen LogP contribution in [-0.2, 0) is 19.6 Å². The van der Waals surface area contributed by atoms with Gasteiger partial charge >= 0.3 is 5.97 Å². The molecule has 2 rings (SSSR count). The average Bonchev–Trinajstić information content (AvgIpc) is 2.65. The number of hydrogen-bond donors (Lipinski definition) is 0. The lowest BCUT2D eigenvalue weighted by Gasteiger charge is -2.35. The van der Waals surface area contributed by atoms with Gasteiger partial charge in [-0.2, -0.15) is 0 Å². The molecule has 0 spiro atoms. The molecule has 0 unspecified atom stereocenters. The van der Waals surface area contributed by atoms with Crippen LogP contribution in [-0.4, -0.2) is 62.8 Å². The number of carbonyl (C=O) groups excluding carboxylic acids is 2. The summed E-state index contributed by atoms with van der Waals surface area (Å²) in [6, 6.07) is 5.82. The number of ether oxygens (including phenoxy) is 1. The number of amides is 1. The molecule has 0 radical (unpaired) electrons. The van der Waals surface area contributed by atoms with Gasteiger partial charge in [-0.05, 0) is 43.9 Å². The topological polar surface area (TPSA) is 84.0 Å². The van der Waals surface area contributed by atoms with E-state index in [1.54, 1.807) is 4.90 Å². The van der Waals surface area contributed by atoms with Gasteiger partial charge in [-0.3, -0.25) is 4.79 Å². The van der Waals surface area contributed by atoms with Crippen molar-refractivity contribution < 1.29 is 22.7 Å². The van der Waals surface area contributed by atoms with Crippen molar-refractivity contribution in [3.63, 3.8) is 0 Å². The largest absolute Gasteiger partial charge is 0.452 e. The molecule has 0 saturated carbocycles. The van der Waals surface area contributed by atoms with Gasteiger partial charge in [-0.25, -0.2) is 17.5 Å². The number of piperidine rings is 1. The standard InChI is InChI=1S/C18H26N2O5S/c1-4-15-9-5-6-11-20(15)17(21)13-25-18(22)14-8-7-10-16(12-14)26(23,24)19(2)3/h7-8,10,12,15H,4-6,9,11,13H2,1-3H3/t15-/m0/s1. The van der Waals surface area contributed by atoms with Crippen LogP contribution in [0.2, 0.25) is 0 Å². The van der Waals surface area contributed by atoms with Crippen molar-refractivity contribution in [2.24, 2.45) is 0 Å². The first-order chi connectivity index (χ1) is 12.3. The molecular formula is C18H26N2O5S. The van der Waals surface area contributed by atoms with Crippen LogP contribution in [0.15, 0.2) is 29.2 Å². The Bertz CT molecular complexity index is 761. The van der Waals surface area contributed by atoms with Crippen LogP contribution >= 0.6 is 0 Å². The van der Waals surface area contributed by atoms with E-state index in [0.29, 0.717) is 6.54 Å². The highest BCUT2D eigenvalue weighted by molar-refractivity contribution is 7.89. The average molecular weight is 382 g/mol. The van der Waals surface area contributed by atoms with Gasteiger partial charge in [0.15, 0.2) is 6.61 Å². The van der Waals surface area contributed by atoms with Crippen LogP contribution in [0.3, 0.4) is 0 Å². The Balaban J connectivity index is 2.03. The monoisotopic (exact) mass is 382 g/mol. The molecule has 1 amide bonds. The van der Waals surface area contributed by atoms with E-state index < -0.39 is 16.0 Å². The zero-order valence-corrected chi connectivity index (χ0v) is 16.3. The van der Waals surface area contributed by atoms with E-state index in [4.69, 9.17) is 4.74 Å². The highest BCUT2D eigenvalue weighted by atomic mass is 32.2. The first-order valence-electron chi connectivity index (χ1n) is 8.76.